The van der Waals surface area contributed by atoms with Crippen LogP contribution in [0.25, 0.3) is 0 Å². The van der Waals surface area contributed by atoms with Gasteiger partial charge >= 0.3 is 47.5 Å². The number of hydrogen-bond donors (Lipinski definition) is 16. The van der Waals surface area contributed by atoms with Crippen LogP contribution < -0.4 is 63.5 Å². The summed E-state index contributed by atoms with van der Waals surface area (Å²) >= 11 is 0. The summed E-state index contributed by atoms with van der Waals surface area (Å²) in [4.78, 5) is 95.6. The Morgan fingerprint density at radius 2 is 0.895 bits per heavy atom. The molecule has 37 nitrogen and oxygen atoms in total. The minimum atomic E-state index is -2.25. The Morgan fingerprint density at radius 1 is 0.535 bits per heavy atom. The molecule has 4 saturated heterocycles. The van der Waals surface area contributed by atoms with E-state index < -0.39 is 223 Å². The first-order valence-electron chi connectivity index (χ1n) is 26.3. The van der Waals surface area contributed by atoms with Crippen molar-refractivity contribution in [3.8, 4) is 0 Å². The average molecular weight is 1290 g/mol. The summed E-state index contributed by atoms with van der Waals surface area (Å²) in [5.41, 5.74) is 6.78. The largest absolute Gasteiger partial charge is 1.00 e. The molecule has 0 spiro atoms. The van der Waals surface area contributed by atoms with E-state index in [1.807, 2.05) is 0 Å². The molecule has 39 heteroatoms. The third kappa shape index (κ3) is 24.7. The van der Waals surface area contributed by atoms with Gasteiger partial charge in [-0.05, 0) is 19.3 Å². The Labute approximate surface area is 518 Å². The molecule has 0 aromatic heterocycles. The van der Waals surface area contributed by atoms with E-state index in [9.17, 15) is 89.7 Å². The van der Waals surface area contributed by atoms with Crippen molar-refractivity contribution in [1.82, 2.24) is 16.4 Å². The second-order valence-electron chi connectivity index (χ2n) is 21.0. The second kappa shape index (κ2) is 38.7. The summed E-state index contributed by atoms with van der Waals surface area (Å²) in [7, 11) is 5.32. The molecule has 86 heavy (non-hydrogen) atoms. The maximum atomic E-state index is 11.8. The number of carboxylic acids is 4. The zero-order chi connectivity index (χ0) is 62.6. The van der Waals surface area contributed by atoms with Crippen molar-refractivity contribution in [2.24, 2.45) is 0 Å². The molecule has 4 aliphatic heterocycles. The molecule has 0 bridgehead atoms. The molecule has 0 radical (unpaired) electrons. The number of carboxylic acid groups (broad SMARTS) is 4. The number of aliphatic carboxylic acids is 4. The van der Waals surface area contributed by atoms with E-state index in [1.54, 1.807) is 21.1 Å². The second-order valence-corrected chi connectivity index (χ2v) is 21.0. The first-order chi connectivity index (χ1) is 39.6. The minimum absolute atomic E-state index is 0. The topological polar surface area (TPSA) is 552 Å². The van der Waals surface area contributed by atoms with Crippen LogP contribution in [0.1, 0.15) is 38.5 Å². The molecule has 0 amide bonds. The van der Waals surface area contributed by atoms with Crippen molar-refractivity contribution in [1.29, 1.82) is 0 Å². The molecular formula is C47H78ClN4NaO33. The van der Waals surface area contributed by atoms with Crippen LogP contribution >= 0.6 is 0 Å². The van der Waals surface area contributed by atoms with Crippen molar-refractivity contribution in [2.45, 2.75) is 186 Å². The van der Waals surface area contributed by atoms with Gasteiger partial charge in [-0.1, -0.05) is 0 Å². The number of rotatable bonds is 39. The quantitative estimate of drug-likeness (QED) is 0.0118. The molecule has 21 unspecified atom stereocenters. The number of ether oxygens (including phenoxy) is 9. The number of aldehydes is 3. The van der Waals surface area contributed by atoms with Gasteiger partial charge in [-0.15, -0.1) is 0 Å². The zero-order valence-corrected chi connectivity index (χ0v) is 49.8. The van der Waals surface area contributed by atoms with E-state index in [2.05, 4.69) is 16.4 Å². The molecule has 492 valence electrons. The molecular weight excluding hydrogens is 1210 g/mol. The fourth-order valence-electron chi connectivity index (χ4n) is 8.84. The van der Waals surface area contributed by atoms with Crippen LogP contribution in [0.4, 0.5) is 0 Å². The number of likely N-dealkylation sites (N-methyl/N-ethyl adjacent to an activating group) is 1. The molecule has 4 rings (SSSR count). The van der Waals surface area contributed by atoms with E-state index in [0.29, 0.717) is 12.6 Å². The van der Waals surface area contributed by atoms with E-state index in [0.717, 1.165) is 0 Å². The Balaban J connectivity index is 0.0000126. The van der Waals surface area contributed by atoms with E-state index in [4.69, 9.17) is 72.5 Å². The Kier molecular flexibility index (Phi) is 35.7. The van der Waals surface area contributed by atoms with Gasteiger partial charge in [0, 0.05) is 19.3 Å². The summed E-state index contributed by atoms with van der Waals surface area (Å²) in [5, 5.41) is 151. The number of nitrogens with zero attached hydrogens (tertiary/aromatic N) is 1. The molecule has 0 aromatic carbocycles. The molecule has 0 aromatic rings. The molecule has 24 atom stereocenters. The van der Waals surface area contributed by atoms with Gasteiger partial charge in [-0.3, -0.25) is 28.9 Å². The van der Waals surface area contributed by atoms with E-state index in [-0.39, 0.29) is 85.1 Å². The van der Waals surface area contributed by atoms with Gasteiger partial charge in [0.05, 0.1) is 84.9 Å². The van der Waals surface area contributed by atoms with Crippen LogP contribution in [0.3, 0.4) is 0 Å². The molecule has 0 aliphatic carbocycles. The molecule has 4 heterocycles. The van der Waals surface area contributed by atoms with Gasteiger partial charge in [-0.2, -0.15) is 16.4 Å². The van der Waals surface area contributed by atoms with Crippen molar-refractivity contribution >= 4 is 42.7 Å². The fraction of sp³-hybridized carbons (Fsp3) is 0.851. The van der Waals surface area contributed by atoms with Crippen molar-refractivity contribution < 1.29 is 209 Å². The number of halogens is 1. The normalized spacial score (nSPS) is 34.5. The molecule has 4 aliphatic rings. The summed E-state index contributed by atoms with van der Waals surface area (Å²) in [6, 6.07) is -3.75. The number of aliphatic hydroxyl groups is 10. The predicted molar refractivity (Wildman–Crippen MR) is 261 cm³/mol. The van der Waals surface area contributed by atoms with E-state index >= 15 is 0 Å². The van der Waals surface area contributed by atoms with Crippen molar-refractivity contribution in [3.05, 3.63) is 0 Å². The Bertz CT molecular complexity index is 2060. The third-order valence-electron chi connectivity index (χ3n) is 13.1. The van der Waals surface area contributed by atoms with E-state index in [1.165, 1.54) is 0 Å². The van der Waals surface area contributed by atoms with Crippen LogP contribution in [0.15, 0.2) is 0 Å². The fourth-order valence-corrected chi connectivity index (χ4v) is 8.84. The van der Waals surface area contributed by atoms with Gasteiger partial charge in [0.15, 0.2) is 18.9 Å². The van der Waals surface area contributed by atoms with Gasteiger partial charge in [-0.25, -0.2) is 0 Å². The summed E-state index contributed by atoms with van der Waals surface area (Å²) in [5.74, 6) is -5.46. The molecule has 4 fully saturated rings. The average Bonchev–Trinajstić information content (AvgIpc) is 1.23. The van der Waals surface area contributed by atoms with Crippen LogP contribution in [0.2, 0.25) is 0 Å². The van der Waals surface area contributed by atoms with Gasteiger partial charge in [0.25, 0.3) is 0 Å². The van der Waals surface area contributed by atoms with Crippen LogP contribution in [0, 0.1) is 0 Å². The van der Waals surface area contributed by atoms with Crippen LogP contribution in [0.5, 0.6) is 0 Å². The number of carbonyl (C=O) groups is 7. The van der Waals surface area contributed by atoms with Crippen LogP contribution in [-0.2, 0) is 90.7 Å². The van der Waals surface area contributed by atoms with Crippen LogP contribution in [-0.4, -0.2) is 328 Å². The summed E-state index contributed by atoms with van der Waals surface area (Å²) in [6.07, 6.45) is -42.0. The zero-order valence-electron chi connectivity index (χ0n) is 47.1. The number of nitrogens with one attached hydrogen (secondary N) is 3. The van der Waals surface area contributed by atoms with Crippen molar-refractivity contribution in [2.75, 3.05) is 67.3 Å². The summed E-state index contributed by atoms with van der Waals surface area (Å²) < 4.78 is 52.1. The molecule has 16 N–H and O–H groups in total. The number of aliphatic hydroxyl groups excluding tert-OH is 10. The third-order valence-corrected chi connectivity index (χ3v) is 13.1. The maximum absolute atomic E-state index is 11.8. The Morgan fingerprint density at radius 3 is 1.30 bits per heavy atom. The first-order valence-corrected chi connectivity index (χ1v) is 26.3. The number of hydroxylamine groups is 3. The minimum Gasteiger partial charge on any atom is -1.00 e. The number of quaternary nitrogens is 1. The SMILES string of the molecule is C[N+](C)(C)CC(O)COCC1OC(OC2C(CO)OC(OC3C(COCC(=O)[O-])OC(ON[C@H](C=O)CCC(=O)O)C(O)C3O)C(O)C2O)C(O)C(O)C1OC1OC(CON[C@H](C=O)CCC(=O)O)C(ON[C@H](C=O)CCC(=O)O)C(O)C1O.[Cl-].[Na+]. The van der Waals surface area contributed by atoms with Gasteiger partial charge in [0.2, 0.25) is 6.29 Å². The number of hydrogen-bond acceptors (Lipinski definition) is 33. The van der Waals surface area contributed by atoms with Gasteiger partial charge in [0.1, 0.15) is 129 Å². The predicted octanol–water partition coefficient (Wildman–Crippen LogP) is -17.0. The monoisotopic (exact) mass is 1280 g/mol. The maximum Gasteiger partial charge on any atom is 1.00 e. The van der Waals surface area contributed by atoms with Crippen molar-refractivity contribution in [3.63, 3.8) is 0 Å². The Hall–Kier alpha value is -2.86. The molecule has 0 saturated carbocycles. The smallest absolute Gasteiger partial charge is 1.00 e. The standard InChI is InChI=1S/C47H78N4O33.ClH.Na/c1-51(2,3)10-23(56)15-73-16-25-41(82-46-38(71)35(68)43(83-49-21(12-53)5-8-29(59)60)27(78-46)18-75-48-20(11-52)4-7-28(57)58)33(66)37(70)45(77-25)80-40-24(14-55)76-44(36(69)32(40)65)81-42-26(17-74-19-31(63)64)79-47(39(72)34(42)67)84-50-22(13-54)6-9-30(61)62;;/h11-13,20-27,32-50,55-56,65-72H,4-10,14-19H2,1-3H3,(H3-,57,58,59,60,61,62,63,64);1H;/q;;+1/p-1/t20-,21-,22-,23?,24?,25?,26?,27?,32?,33?,34?,35?,36?,37?,38?,39?,40?,41?,42?,43?,44?,45?,46?,47?;;/m0../s1. The summed E-state index contributed by atoms with van der Waals surface area (Å²) in [6.45, 7) is -4.47. The number of carbonyl (C=O) groups excluding carboxylic acids is 4. The first kappa shape index (κ1) is 79.2. The van der Waals surface area contributed by atoms with Gasteiger partial charge < -0.3 is 150 Å².